The van der Waals surface area contributed by atoms with E-state index in [2.05, 4.69) is 21.4 Å². The highest BCUT2D eigenvalue weighted by Crippen LogP contribution is 2.16. The lowest BCUT2D eigenvalue weighted by molar-refractivity contribution is -0.121. The van der Waals surface area contributed by atoms with Gasteiger partial charge in [0.05, 0.1) is 11.5 Å². The van der Waals surface area contributed by atoms with E-state index in [9.17, 15) is 20.1 Å². The molecule has 2 aromatic carbocycles. The summed E-state index contributed by atoms with van der Waals surface area (Å²) in [5.74, 6) is -0.703. The fourth-order valence-electron chi connectivity index (χ4n) is 3.23. The molecule has 3 aromatic rings. The van der Waals surface area contributed by atoms with Crippen LogP contribution in [0.3, 0.4) is 0 Å². The van der Waals surface area contributed by atoms with E-state index < -0.39 is 13.1 Å². The van der Waals surface area contributed by atoms with E-state index in [4.69, 9.17) is 0 Å². The second-order valence-corrected chi connectivity index (χ2v) is 7.26. The summed E-state index contributed by atoms with van der Waals surface area (Å²) in [6.45, 7) is 0. The first kappa shape index (κ1) is 22.9. The number of nitrogens with zero attached hydrogens (tertiary/aromatic N) is 3. The minimum Gasteiger partial charge on any atom is -0.426 e. The number of carbonyl (C=O) groups is 1. The van der Waals surface area contributed by atoms with Crippen LogP contribution < -0.4 is 5.32 Å². The average Bonchev–Trinajstić information content (AvgIpc) is 2.82. The van der Waals surface area contributed by atoms with Crippen molar-refractivity contribution >= 4 is 24.7 Å². The van der Waals surface area contributed by atoms with Crippen molar-refractivity contribution in [1.82, 2.24) is 15.3 Å². The quantitative estimate of drug-likeness (QED) is 0.357. The van der Waals surface area contributed by atoms with Gasteiger partial charge in [0.1, 0.15) is 6.07 Å². The third-order valence-electron chi connectivity index (χ3n) is 4.83. The molecule has 0 saturated heterocycles. The number of benzene rings is 2. The van der Waals surface area contributed by atoms with Crippen LogP contribution in [-0.2, 0) is 17.6 Å². The Hall–Kier alpha value is -3.80. The van der Waals surface area contributed by atoms with Crippen LogP contribution in [0, 0.1) is 11.3 Å². The molecule has 0 aliphatic carbocycles. The number of aryl methyl sites for hydroxylation is 1. The number of nitrogens with one attached hydrogen (secondary N) is 1. The molecule has 1 amide bonds. The Kier molecular flexibility index (Phi) is 8.26. The molecule has 3 rings (SSSR count). The largest absolute Gasteiger partial charge is 0.475 e. The summed E-state index contributed by atoms with van der Waals surface area (Å²) in [6, 6.07) is 20.7. The summed E-state index contributed by atoms with van der Waals surface area (Å²) in [5, 5.41) is 31.4. The number of amides is 1. The Labute approximate surface area is 187 Å². The zero-order chi connectivity index (χ0) is 22.8. The Morgan fingerprint density at radius 3 is 2.47 bits per heavy atom. The van der Waals surface area contributed by atoms with Crippen LogP contribution in [0.1, 0.15) is 28.9 Å². The Morgan fingerprint density at radius 2 is 1.78 bits per heavy atom. The first-order valence-electron chi connectivity index (χ1n) is 10.2. The first-order chi connectivity index (χ1) is 15.5. The number of rotatable bonds is 9. The third kappa shape index (κ3) is 6.88. The number of carbonyl (C=O) groups excluding carboxylic acids is 1. The Balaban J connectivity index is 1.61. The van der Waals surface area contributed by atoms with Crippen LogP contribution in [0.4, 0.5) is 0 Å². The molecule has 0 unspecified atom stereocenters. The van der Waals surface area contributed by atoms with Gasteiger partial charge >= 0.3 is 7.12 Å². The molecule has 8 heteroatoms. The summed E-state index contributed by atoms with van der Waals surface area (Å²) in [7, 11) is -1.66. The lowest BCUT2D eigenvalue weighted by Gasteiger charge is -2.18. The molecule has 0 bridgehead atoms. The van der Waals surface area contributed by atoms with Gasteiger partial charge < -0.3 is 15.4 Å². The Morgan fingerprint density at radius 1 is 1.06 bits per heavy atom. The molecule has 1 heterocycles. The summed E-state index contributed by atoms with van der Waals surface area (Å²) in [6.07, 6.45) is 5.85. The molecule has 160 valence electrons. The average molecular weight is 426 g/mol. The van der Waals surface area contributed by atoms with Gasteiger partial charge in [-0.3, -0.25) is 4.79 Å². The van der Waals surface area contributed by atoms with E-state index in [1.54, 1.807) is 24.5 Å². The first-order valence-corrected chi connectivity index (χ1v) is 10.2. The lowest BCUT2D eigenvalue weighted by Crippen LogP contribution is -2.47. The van der Waals surface area contributed by atoms with Gasteiger partial charge in [0, 0.05) is 18.8 Å². The predicted octanol–water partition coefficient (Wildman–Crippen LogP) is 2.21. The van der Waals surface area contributed by atoms with Crippen LogP contribution in [0.2, 0.25) is 0 Å². The van der Waals surface area contributed by atoms with Crippen molar-refractivity contribution in [3.63, 3.8) is 0 Å². The third-order valence-corrected chi connectivity index (χ3v) is 4.83. The molecule has 0 saturated carbocycles. The molecule has 0 fully saturated rings. The monoisotopic (exact) mass is 426 g/mol. The van der Waals surface area contributed by atoms with Crippen LogP contribution >= 0.6 is 0 Å². The zero-order valence-corrected chi connectivity index (χ0v) is 17.4. The number of nitriles is 1. The van der Waals surface area contributed by atoms with E-state index >= 15 is 0 Å². The zero-order valence-electron chi connectivity index (χ0n) is 17.4. The standard InChI is InChI=1S/C24H23BN4O3/c26-17-21(24-27-12-5-13-28-24)15-20-9-4-8-19(14-20)10-11-23(30)29-22(25(31)32)16-18-6-2-1-3-7-18/h1-9,12-15,22,31-32H,10-11,16H2,(H,29,30)/t22-/m0/s1. The molecule has 1 aromatic heterocycles. The molecule has 32 heavy (non-hydrogen) atoms. The fourth-order valence-corrected chi connectivity index (χ4v) is 3.23. The predicted molar refractivity (Wildman–Crippen MR) is 123 cm³/mol. The van der Waals surface area contributed by atoms with E-state index in [-0.39, 0.29) is 12.3 Å². The van der Waals surface area contributed by atoms with Gasteiger partial charge in [0.25, 0.3) is 0 Å². The summed E-state index contributed by atoms with van der Waals surface area (Å²) >= 11 is 0. The lowest BCUT2D eigenvalue weighted by atomic mass is 9.76. The van der Waals surface area contributed by atoms with Gasteiger partial charge in [-0.25, -0.2) is 9.97 Å². The van der Waals surface area contributed by atoms with Gasteiger partial charge in [-0.05, 0) is 41.7 Å². The van der Waals surface area contributed by atoms with Crippen LogP contribution in [0.15, 0.2) is 73.1 Å². The second kappa shape index (κ2) is 11.6. The van der Waals surface area contributed by atoms with E-state index in [0.717, 1.165) is 16.7 Å². The van der Waals surface area contributed by atoms with Gasteiger partial charge in [-0.2, -0.15) is 5.26 Å². The van der Waals surface area contributed by atoms with Gasteiger partial charge in [0.2, 0.25) is 5.91 Å². The highest BCUT2D eigenvalue weighted by Gasteiger charge is 2.25. The number of hydrogen-bond acceptors (Lipinski definition) is 6. The van der Waals surface area contributed by atoms with E-state index in [0.29, 0.717) is 24.2 Å². The van der Waals surface area contributed by atoms with Gasteiger partial charge in [-0.15, -0.1) is 0 Å². The molecule has 0 aliphatic heterocycles. The molecule has 0 spiro atoms. The number of allylic oxidation sites excluding steroid dienone is 1. The Bertz CT molecular complexity index is 1100. The normalized spacial score (nSPS) is 12.0. The molecular formula is C24H23BN4O3. The highest BCUT2D eigenvalue weighted by atomic mass is 16.4. The summed E-state index contributed by atoms with van der Waals surface area (Å²) in [5.41, 5.74) is 2.98. The van der Waals surface area contributed by atoms with E-state index in [1.807, 2.05) is 54.6 Å². The highest BCUT2D eigenvalue weighted by molar-refractivity contribution is 6.43. The fraction of sp³-hybridized carbons (Fsp3) is 0.167. The topological polar surface area (TPSA) is 119 Å². The number of aromatic nitrogens is 2. The van der Waals surface area contributed by atoms with Crippen molar-refractivity contribution in [1.29, 1.82) is 5.26 Å². The maximum atomic E-state index is 12.4. The minimum absolute atomic E-state index is 0.193. The van der Waals surface area contributed by atoms with Crippen molar-refractivity contribution in [3.05, 3.63) is 95.6 Å². The molecule has 0 aliphatic rings. The minimum atomic E-state index is -1.66. The second-order valence-electron chi connectivity index (χ2n) is 7.26. The molecule has 1 atom stereocenters. The van der Waals surface area contributed by atoms with E-state index in [1.165, 1.54) is 0 Å². The van der Waals surface area contributed by atoms with Crippen LogP contribution in [-0.4, -0.2) is 39.0 Å². The molecule has 3 N–H and O–H groups in total. The summed E-state index contributed by atoms with van der Waals surface area (Å²) in [4.78, 5) is 20.6. The molecular weight excluding hydrogens is 403 g/mol. The van der Waals surface area contributed by atoms with Crippen molar-refractivity contribution < 1.29 is 14.8 Å². The van der Waals surface area contributed by atoms with Crippen molar-refractivity contribution in [3.8, 4) is 6.07 Å². The van der Waals surface area contributed by atoms with Gasteiger partial charge in [-0.1, -0.05) is 54.6 Å². The molecule has 7 nitrogen and oxygen atoms in total. The molecule has 0 radical (unpaired) electrons. The van der Waals surface area contributed by atoms with Gasteiger partial charge in [0.15, 0.2) is 5.82 Å². The van der Waals surface area contributed by atoms with Crippen molar-refractivity contribution in [2.45, 2.75) is 25.2 Å². The van der Waals surface area contributed by atoms with Crippen LogP contribution in [0.25, 0.3) is 11.6 Å². The van der Waals surface area contributed by atoms with Crippen molar-refractivity contribution in [2.75, 3.05) is 0 Å². The maximum absolute atomic E-state index is 12.4. The van der Waals surface area contributed by atoms with Crippen molar-refractivity contribution in [2.24, 2.45) is 0 Å². The summed E-state index contributed by atoms with van der Waals surface area (Å²) < 4.78 is 0. The smallest absolute Gasteiger partial charge is 0.426 e. The SMILES string of the molecule is N#CC(=Cc1cccc(CCC(=O)N[C@@H](Cc2ccccc2)B(O)O)c1)c1ncccn1. The van der Waals surface area contributed by atoms with Crippen LogP contribution in [0.5, 0.6) is 0 Å². The number of hydrogen-bond donors (Lipinski definition) is 3. The maximum Gasteiger partial charge on any atom is 0.475 e.